The maximum absolute atomic E-state index is 11.6. The van der Waals surface area contributed by atoms with Crippen LogP contribution in [0.2, 0.25) is 0 Å². The number of nitrogens with zero attached hydrogens (tertiary/aromatic N) is 1. The number of carbonyl (C=O) groups excluding carboxylic acids is 2. The fourth-order valence-electron chi connectivity index (χ4n) is 1.55. The Morgan fingerprint density at radius 2 is 1.95 bits per heavy atom. The fourth-order valence-corrected chi connectivity index (χ4v) is 1.55. The number of methoxy groups -OCH3 is 1. The highest BCUT2D eigenvalue weighted by molar-refractivity contribution is 5.80. The first-order valence-corrected chi connectivity index (χ1v) is 5.52. The topological polar surface area (TPSA) is 98.5 Å². The van der Waals surface area contributed by atoms with Crippen LogP contribution in [0.5, 0.6) is 0 Å². The van der Waals surface area contributed by atoms with Crippen molar-refractivity contribution in [2.75, 3.05) is 13.7 Å². The summed E-state index contributed by atoms with van der Waals surface area (Å²) in [4.78, 5) is 32.5. The Bertz CT molecular complexity index is 483. The summed E-state index contributed by atoms with van der Waals surface area (Å²) in [6, 6.07) is 5.56. The lowest BCUT2D eigenvalue weighted by molar-refractivity contribution is -0.384. The van der Waals surface area contributed by atoms with Crippen LogP contribution in [0.25, 0.3) is 0 Å². The molecule has 7 heteroatoms. The van der Waals surface area contributed by atoms with Gasteiger partial charge in [0.25, 0.3) is 5.69 Å². The smallest absolute Gasteiger partial charge is 0.314 e. The van der Waals surface area contributed by atoms with E-state index in [1.807, 2.05) is 0 Å². The van der Waals surface area contributed by atoms with Crippen LogP contribution < -0.4 is 5.32 Å². The molecule has 102 valence electrons. The molecule has 1 atom stereocenters. The summed E-state index contributed by atoms with van der Waals surface area (Å²) < 4.78 is 4.65. The van der Waals surface area contributed by atoms with E-state index >= 15 is 0 Å². The molecule has 0 aliphatic heterocycles. The average molecular weight is 266 g/mol. The Kier molecular flexibility index (Phi) is 4.99. The maximum atomic E-state index is 11.6. The van der Waals surface area contributed by atoms with Crippen LogP contribution in [-0.4, -0.2) is 30.5 Å². The van der Waals surface area contributed by atoms with Gasteiger partial charge in [-0.25, -0.2) is 0 Å². The Balaban J connectivity index is 2.93. The van der Waals surface area contributed by atoms with Crippen LogP contribution in [0.3, 0.4) is 0 Å². The summed E-state index contributed by atoms with van der Waals surface area (Å²) in [7, 11) is 1.24. The number of carbonyl (C=O) groups is 2. The van der Waals surface area contributed by atoms with Crippen LogP contribution in [0.15, 0.2) is 24.3 Å². The number of nitro groups is 1. The second-order valence-electron chi connectivity index (χ2n) is 3.86. The fraction of sp³-hybridized carbons (Fsp3) is 0.333. The van der Waals surface area contributed by atoms with Crippen LogP contribution in [-0.2, 0) is 14.3 Å². The number of hydrogen-bond acceptors (Lipinski definition) is 5. The SMILES string of the molecule is COC(=O)C(CNC(C)=O)c1ccc([N+](=O)[O-])cc1. The number of hydrogen-bond donors (Lipinski definition) is 1. The van der Waals surface area contributed by atoms with E-state index in [0.29, 0.717) is 5.56 Å². The first-order chi connectivity index (χ1) is 8.95. The number of nitrogens with one attached hydrogen (secondary N) is 1. The molecule has 1 aromatic rings. The molecule has 7 nitrogen and oxygen atoms in total. The third kappa shape index (κ3) is 4.06. The van der Waals surface area contributed by atoms with Gasteiger partial charge in [0.05, 0.1) is 18.0 Å². The molecule has 0 spiro atoms. The van der Waals surface area contributed by atoms with Crippen molar-refractivity contribution >= 4 is 17.6 Å². The first kappa shape index (κ1) is 14.6. The van der Waals surface area contributed by atoms with Crippen LogP contribution in [0.1, 0.15) is 18.4 Å². The van der Waals surface area contributed by atoms with Crippen molar-refractivity contribution < 1.29 is 19.2 Å². The minimum Gasteiger partial charge on any atom is -0.468 e. The van der Waals surface area contributed by atoms with Crippen molar-refractivity contribution in [2.45, 2.75) is 12.8 Å². The lowest BCUT2D eigenvalue weighted by Crippen LogP contribution is -2.30. The van der Waals surface area contributed by atoms with E-state index in [2.05, 4.69) is 10.1 Å². The van der Waals surface area contributed by atoms with Gasteiger partial charge in [0.1, 0.15) is 0 Å². The normalized spacial score (nSPS) is 11.5. The molecule has 1 aromatic carbocycles. The van der Waals surface area contributed by atoms with Gasteiger partial charge in [-0.3, -0.25) is 19.7 Å². The zero-order valence-electron chi connectivity index (χ0n) is 10.6. The van der Waals surface area contributed by atoms with Crippen molar-refractivity contribution in [1.29, 1.82) is 0 Å². The van der Waals surface area contributed by atoms with E-state index in [9.17, 15) is 19.7 Å². The largest absolute Gasteiger partial charge is 0.468 e. The third-order valence-corrected chi connectivity index (χ3v) is 2.55. The molecule has 0 aliphatic rings. The minimum atomic E-state index is -0.685. The van der Waals surface area contributed by atoms with E-state index in [-0.39, 0.29) is 18.1 Å². The lowest BCUT2D eigenvalue weighted by Gasteiger charge is -2.15. The summed E-state index contributed by atoms with van der Waals surface area (Å²) >= 11 is 0. The van der Waals surface area contributed by atoms with Crippen molar-refractivity contribution in [2.24, 2.45) is 0 Å². The molecule has 0 aromatic heterocycles. The van der Waals surface area contributed by atoms with Gasteiger partial charge in [-0.2, -0.15) is 0 Å². The quantitative estimate of drug-likeness (QED) is 0.486. The van der Waals surface area contributed by atoms with E-state index in [0.717, 1.165) is 0 Å². The lowest BCUT2D eigenvalue weighted by atomic mass is 9.99. The molecule has 0 radical (unpaired) electrons. The molecule has 0 aliphatic carbocycles. The van der Waals surface area contributed by atoms with E-state index in [1.165, 1.54) is 38.3 Å². The van der Waals surface area contributed by atoms with E-state index in [4.69, 9.17) is 0 Å². The van der Waals surface area contributed by atoms with Crippen LogP contribution >= 0.6 is 0 Å². The van der Waals surface area contributed by atoms with Gasteiger partial charge >= 0.3 is 5.97 Å². The van der Waals surface area contributed by atoms with E-state index in [1.54, 1.807) is 0 Å². The highest BCUT2D eigenvalue weighted by Crippen LogP contribution is 2.20. The molecule has 1 unspecified atom stereocenters. The van der Waals surface area contributed by atoms with Crippen LogP contribution in [0, 0.1) is 10.1 Å². The molecular formula is C12H14N2O5. The number of nitro benzene ring substituents is 1. The third-order valence-electron chi connectivity index (χ3n) is 2.55. The molecule has 1 N–H and O–H groups in total. The molecular weight excluding hydrogens is 252 g/mol. The minimum absolute atomic E-state index is 0.0631. The first-order valence-electron chi connectivity index (χ1n) is 5.52. The average Bonchev–Trinajstić information content (AvgIpc) is 2.38. The summed E-state index contributed by atoms with van der Waals surface area (Å²) in [5, 5.41) is 13.1. The number of benzene rings is 1. The van der Waals surface area contributed by atoms with Gasteiger partial charge in [0, 0.05) is 25.6 Å². The van der Waals surface area contributed by atoms with Crippen LogP contribution in [0.4, 0.5) is 5.69 Å². The zero-order valence-corrected chi connectivity index (χ0v) is 10.6. The molecule has 19 heavy (non-hydrogen) atoms. The predicted octanol–water partition coefficient (Wildman–Crippen LogP) is 0.987. The molecule has 1 amide bonds. The number of rotatable bonds is 5. The molecule has 0 heterocycles. The van der Waals surface area contributed by atoms with Crippen molar-refractivity contribution in [3.63, 3.8) is 0 Å². The summed E-state index contributed by atoms with van der Waals surface area (Å²) in [5.74, 6) is -1.46. The molecule has 1 rings (SSSR count). The maximum Gasteiger partial charge on any atom is 0.314 e. The molecule has 0 bridgehead atoms. The molecule has 0 saturated heterocycles. The van der Waals surface area contributed by atoms with Gasteiger partial charge in [-0.05, 0) is 5.56 Å². The van der Waals surface area contributed by atoms with Gasteiger partial charge in [-0.15, -0.1) is 0 Å². The number of ether oxygens (including phenoxy) is 1. The summed E-state index contributed by atoms with van der Waals surface area (Å²) in [6.45, 7) is 1.42. The number of esters is 1. The molecule has 0 fully saturated rings. The number of non-ortho nitro benzene ring substituents is 1. The van der Waals surface area contributed by atoms with Crippen molar-refractivity contribution in [3.8, 4) is 0 Å². The highest BCUT2D eigenvalue weighted by atomic mass is 16.6. The van der Waals surface area contributed by atoms with E-state index < -0.39 is 16.8 Å². The van der Waals surface area contributed by atoms with Gasteiger partial charge in [-0.1, -0.05) is 12.1 Å². The summed E-state index contributed by atoms with van der Waals surface area (Å²) in [5.41, 5.74) is 0.484. The Morgan fingerprint density at radius 3 is 2.37 bits per heavy atom. The molecule has 0 saturated carbocycles. The summed E-state index contributed by atoms with van der Waals surface area (Å²) in [6.07, 6.45) is 0. The second kappa shape index (κ2) is 6.48. The Morgan fingerprint density at radius 1 is 1.37 bits per heavy atom. The van der Waals surface area contributed by atoms with Gasteiger partial charge in [0.2, 0.25) is 5.91 Å². The Labute approximate surface area is 109 Å². The van der Waals surface area contributed by atoms with Crippen molar-refractivity contribution in [3.05, 3.63) is 39.9 Å². The monoisotopic (exact) mass is 266 g/mol. The van der Waals surface area contributed by atoms with Gasteiger partial charge in [0.15, 0.2) is 0 Å². The second-order valence-corrected chi connectivity index (χ2v) is 3.86. The zero-order chi connectivity index (χ0) is 14.4. The highest BCUT2D eigenvalue weighted by Gasteiger charge is 2.22. The van der Waals surface area contributed by atoms with Crippen molar-refractivity contribution in [1.82, 2.24) is 5.32 Å². The Hall–Kier alpha value is -2.44. The van der Waals surface area contributed by atoms with Gasteiger partial charge < -0.3 is 10.1 Å². The standard InChI is InChI=1S/C12H14N2O5/c1-8(15)13-7-11(12(16)19-2)9-3-5-10(6-4-9)14(17)18/h3-6,11H,7H2,1-2H3,(H,13,15). The predicted molar refractivity (Wildman–Crippen MR) is 66.5 cm³/mol. The number of amides is 1.